The quantitative estimate of drug-likeness (QED) is 0.122. The maximum absolute atomic E-state index is 11.7. The maximum Gasteiger partial charge on any atom is 1.00 e. The van der Waals surface area contributed by atoms with E-state index in [4.69, 9.17) is 4.74 Å². The van der Waals surface area contributed by atoms with E-state index in [9.17, 15) is 27.7 Å². The van der Waals surface area contributed by atoms with Gasteiger partial charge in [-0.05, 0) is 19.3 Å². The molecule has 0 saturated carbocycles. The zero-order valence-electron chi connectivity index (χ0n) is 16.5. The zero-order chi connectivity index (χ0) is 18.6. The van der Waals surface area contributed by atoms with Crippen LogP contribution in [-0.2, 0) is 24.4 Å². The number of hydrogen-bond acceptors (Lipinski definition) is 7. The molecule has 0 saturated heterocycles. The number of carboxylic acids is 1. The summed E-state index contributed by atoms with van der Waals surface area (Å²) in [5, 5.41) is 8.29. The van der Waals surface area contributed by atoms with E-state index in [1.54, 1.807) is 0 Å². The van der Waals surface area contributed by atoms with Gasteiger partial charge in [0.05, 0.1) is 17.6 Å². The molecule has 0 heterocycles. The Morgan fingerprint density at radius 3 is 1.92 bits per heavy atom. The van der Waals surface area contributed by atoms with Crippen molar-refractivity contribution in [3.05, 3.63) is 0 Å². The fourth-order valence-corrected chi connectivity index (χ4v) is 3.00. The van der Waals surface area contributed by atoms with Gasteiger partial charge in [-0.25, -0.2) is 8.42 Å². The molecule has 0 bridgehead atoms. The first-order valence-electron chi connectivity index (χ1n) is 8.57. The summed E-state index contributed by atoms with van der Waals surface area (Å²) in [5.41, 5.74) is 0. The largest absolute Gasteiger partial charge is 1.00 e. The fraction of sp³-hybridized carbons (Fsp3) is 0.875. The minimum absolute atomic E-state index is 0. The van der Waals surface area contributed by atoms with Crippen LogP contribution in [0.15, 0.2) is 0 Å². The van der Waals surface area contributed by atoms with E-state index >= 15 is 0 Å². The fourth-order valence-electron chi connectivity index (χ4n) is 2.43. The normalized spacial score (nSPS) is 13.0. The van der Waals surface area contributed by atoms with E-state index in [-0.39, 0.29) is 65.2 Å². The van der Waals surface area contributed by atoms with Gasteiger partial charge < -0.3 is 19.2 Å². The second kappa shape index (κ2) is 17.9. The topological polar surface area (TPSA) is 124 Å². The molecule has 0 aromatic carbocycles. The van der Waals surface area contributed by atoms with Crippen LogP contribution in [0.3, 0.4) is 0 Å². The molecule has 26 heavy (non-hydrogen) atoms. The van der Waals surface area contributed by atoms with E-state index in [0.717, 1.165) is 32.1 Å². The first-order chi connectivity index (χ1) is 11.2. The van der Waals surface area contributed by atoms with Crippen molar-refractivity contribution in [1.29, 1.82) is 0 Å². The predicted octanol–water partition coefficient (Wildman–Crippen LogP) is -4.49. The molecule has 0 aliphatic carbocycles. The monoisotopic (exact) mass is 410 g/mol. The third kappa shape index (κ3) is 15.9. The first kappa shape index (κ1) is 31.5. The van der Waals surface area contributed by atoms with Gasteiger partial charge in [-0.15, -0.1) is 0 Å². The smallest absolute Gasteiger partial charge is 0.747 e. The summed E-state index contributed by atoms with van der Waals surface area (Å²) in [6.45, 7) is 4.06. The minimum atomic E-state index is -5.15. The Morgan fingerprint density at radius 2 is 1.46 bits per heavy atom. The van der Waals surface area contributed by atoms with Crippen molar-refractivity contribution in [3.63, 3.8) is 0 Å². The summed E-state index contributed by atoms with van der Waals surface area (Å²) in [6.07, 6.45) is 7.19. The summed E-state index contributed by atoms with van der Waals surface area (Å²) in [6, 6.07) is 0. The average Bonchev–Trinajstić information content (AvgIpc) is 2.47. The Bertz CT molecular complexity index is 483. The van der Waals surface area contributed by atoms with Gasteiger partial charge in [-0.2, -0.15) is 0 Å². The van der Waals surface area contributed by atoms with E-state index in [1.165, 1.54) is 12.8 Å². The van der Waals surface area contributed by atoms with Gasteiger partial charge in [-0.3, -0.25) is 4.79 Å². The van der Waals surface area contributed by atoms with E-state index < -0.39 is 33.7 Å². The van der Waals surface area contributed by atoms with Crippen LogP contribution in [0.1, 0.15) is 78.1 Å². The van der Waals surface area contributed by atoms with Crippen molar-refractivity contribution in [2.24, 2.45) is 0 Å². The Labute approximate surface area is 201 Å². The third-order valence-corrected chi connectivity index (χ3v) is 4.81. The second-order valence-electron chi connectivity index (χ2n) is 5.96. The maximum atomic E-state index is 11.7. The van der Waals surface area contributed by atoms with Gasteiger partial charge in [0.25, 0.3) is 0 Å². The summed E-state index contributed by atoms with van der Waals surface area (Å²) in [4.78, 5) is 22.4. The molecule has 0 aromatic rings. The molecule has 0 aliphatic heterocycles. The second-order valence-corrected chi connectivity index (χ2v) is 7.52. The van der Waals surface area contributed by atoms with Crippen molar-refractivity contribution in [2.45, 2.75) is 89.4 Å². The Hall–Kier alpha value is 0.850. The Kier molecular flexibility index (Phi) is 21.7. The van der Waals surface area contributed by atoms with Gasteiger partial charge in [-0.1, -0.05) is 52.4 Å². The third-order valence-electron chi connectivity index (χ3n) is 3.75. The molecule has 0 rings (SSSR count). The number of ether oxygens (including phenoxy) is 1. The number of esters is 1. The molecule has 2 atom stereocenters. The van der Waals surface area contributed by atoms with Gasteiger partial charge in [0.2, 0.25) is 0 Å². The van der Waals surface area contributed by atoms with Crippen LogP contribution in [-0.4, -0.2) is 36.3 Å². The Morgan fingerprint density at radius 1 is 0.923 bits per heavy atom. The zero-order valence-corrected chi connectivity index (χ0v) is 21.3. The van der Waals surface area contributed by atoms with E-state index in [0.29, 0.717) is 12.8 Å². The molecule has 0 spiro atoms. The number of carboxylic acid groups (broad SMARTS) is 1. The SMILES string of the molecule is CCCCCCCCC(CCC)OC(=O)CC(C(=O)[O-])S(=O)(=O)[O-].[Na+].[Na+]. The van der Waals surface area contributed by atoms with Gasteiger partial charge in [0, 0.05) is 0 Å². The molecule has 0 fully saturated rings. The molecule has 7 nitrogen and oxygen atoms in total. The van der Waals surface area contributed by atoms with E-state index in [2.05, 4.69) is 6.92 Å². The molecule has 0 aromatic heterocycles. The number of hydrogen-bond donors (Lipinski definition) is 0. The van der Waals surface area contributed by atoms with Gasteiger partial charge in [0.1, 0.15) is 16.2 Å². The molecular formula is C16H28Na2O7S. The van der Waals surface area contributed by atoms with Crippen LogP contribution < -0.4 is 64.2 Å². The van der Waals surface area contributed by atoms with Crippen molar-refractivity contribution in [2.75, 3.05) is 0 Å². The molecule has 0 aliphatic rings. The van der Waals surface area contributed by atoms with Crippen LogP contribution in [0.4, 0.5) is 0 Å². The number of aliphatic carboxylic acids is 1. The molecule has 142 valence electrons. The van der Waals surface area contributed by atoms with Crippen LogP contribution in [0.25, 0.3) is 0 Å². The summed E-state index contributed by atoms with van der Waals surface area (Å²) >= 11 is 0. The summed E-state index contributed by atoms with van der Waals surface area (Å²) in [7, 11) is -5.15. The molecule has 10 heteroatoms. The van der Waals surface area contributed by atoms with Crippen LogP contribution >= 0.6 is 0 Å². The number of unbranched alkanes of at least 4 members (excludes halogenated alkanes) is 5. The van der Waals surface area contributed by atoms with Crippen molar-refractivity contribution in [1.82, 2.24) is 0 Å². The molecule has 0 radical (unpaired) electrons. The van der Waals surface area contributed by atoms with Crippen LogP contribution in [0.5, 0.6) is 0 Å². The molecule has 0 amide bonds. The van der Waals surface area contributed by atoms with Gasteiger partial charge in [0.15, 0.2) is 0 Å². The number of rotatable bonds is 14. The van der Waals surface area contributed by atoms with Crippen LogP contribution in [0.2, 0.25) is 0 Å². The van der Waals surface area contributed by atoms with E-state index in [1.807, 2.05) is 6.92 Å². The van der Waals surface area contributed by atoms with Crippen molar-refractivity contribution in [3.8, 4) is 0 Å². The Balaban J connectivity index is -0.00000264. The first-order valence-corrected chi connectivity index (χ1v) is 10.0. The standard InChI is InChI=1S/C16H30O7S.2Na/c1-3-5-6-7-8-9-11-13(10-4-2)23-15(17)12-14(16(18)19)24(20,21)22;;/h13-14H,3-12H2,1-2H3,(H,18,19)(H,20,21,22);;/q;2*+1/p-2. The van der Waals surface area contributed by atoms with Gasteiger partial charge >= 0.3 is 65.1 Å². The summed E-state index contributed by atoms with van der Waals surface area (Å²) in [5.74, 6) is -3.07. The van der Waals surface area contributed by atoms with Crippen molar-refractivity contribution >= 4 is 22.1 Å². The van der Waals surface area contributed by atoms with Crippen LogP contribution in [0, 0.1) is 0 Å². The molecule has 0 N–H and O–H groups in total. The van der Waals surface area contributed by atoms with Crippen molar-refractivity contribution < 1.29 is 91.5 Å². The summed E-state index contributed by atoms with van der Waals surface area (Å²) < 4.78 is 37.7. The minimum Gasteiger partial charge on any atom is -0.747 e. The number of carbonyl (C=O) groups is 2. The molecular weight excluding hydrogens is 382 g/mol. The predicted molar refractivity (Wildman–Crippen MR) is 85.9 cm³/mol. The average molecular weight is 410 g/mol. The molecule has 2 unspecified atom stereocenters. The number of carbonyl (C=O) groups excluding carboxylic acids is 2.